The first-order valence-corrected chi connectivity index (χ1v) is 9.88. The minimum atomic E-state index is 0.359. The standard InChI is InChI=1S/C22H21BrClNO3/c1-26-18-9-7-17(8-10-18)25-13-15-11-19(23)22(21(12-15)27-2)28-14-16-5-3-4-6-20(16)24/h3-12,25H,13-14H2,1-2H3. The van der Waals surface area contributed by atoms with E-state index in [1.54, 1.807) is 14.2 Å². The Morgan fingerprint density at radius 2 is 1.71 bits per heavy atom. The maximum atomic E-state index is 6.21. The summed E-state index contributed by atoms with van der Waals surface area (Å²) in [5.74, 6) is 2.14. The highest BCUT2D eigenvalue weighted by Gasteiger charge is 2.13. The predicted octanol–water partition coefficient (Wildman–Crippen LogP) is 6.31. The number of benzene rings is 3. The summed E-state index contributed by atoms with van der Waals surface area (Å²) < 4.78 is 17.5. The summed E-state index contributed by atoms with van der Waals surface area (Å²) >= 11 is 9.80. The highest BCUT2D eigenvalue weighted by atomic mass is 79.9. The average molecular weight is 463 g/mol. The lowest BCUT2D eigenvalue weighted by Crippen LogP contribution is -2.03. The van der Waals surface area contributed by atoms with Crippen LogP contribution in [-0.4, -0.2) is 14.2 Å². The van der Waals surface area contributed by atoms with Gasteiger partial charge in [0.15, 0.2) is 11.5 Å². The van der Waals surface area contributed by atoms with Crippen LogP contribution in [0.4, 0.5) is 5.69 Å². The summed E-state index contributed by atoms with van der Waals surface area (Å²) in [6.45, 7) is 1.00. The maximum Gasteiger partial charge on any atom is 0.175 e. The van der Waals surface area contributed by atoms with Crippen LogP contribution in [-0.2, 0) is 13.2 Å². The van der Waals surface area contributed by atoms with Gasteiger partial charge >= 0.3 is 0 Å². The third kappa shape index (κ3) is 5.12. The van der Waals surface area contributed by atoms with E-state index in [9.17, 15) is 0 Å². The molecule has 6 heteroatoms. The van der Waals surface area contributed by atoms with Gasteiger partial charge in [-0.25, -0.2) is 0 Å². The van der Waals surface area contributed by atoms with E-state index < -0.39 is 0 Å². The van der Waals surface area contributed by atoms with Crippen molar-refractivity contribution >= 4 is 33.2 Å². The molecule has 3 aromatic carbocycles. The summed E-state index contributed by atoms with van der Waals surface area (Å²) in [5, 5.41) is 4.06. The highest BCUT2D eigenvalue weighted by Crippen LogP contribution is 2.37. The van der Waals surface area contributed by atoms with Crippen LogP contribution in [0.1, 0.15) is 11.1 Å². The molecule has 0 aromatic heterocycles. The molecule has 0 radical (unpaired) electrons. The molecule has 0 bridgehead atoms. The molecule has 0 unspecified atom stereocenters. The number of hydrogen-bond acceptors (Lipinski definition) is 4. The van der Waals surface area contributed by atoms with Crippen LogP contribution in [0.15, 0.2) is 65.1 Å². The van der Waals surface area contributed by atoms with Crippen LogP contribution in [0, 0.1) is 0 Å². The van der Waals surface area contributed by atoms with Gasteiger partial charge in [-0.3, -0.25) is 0 Å². The van der Waals surface area contributed by atoms with Gasteiger partial charge in [-0.05, 0) is 64.0 Å². The highest BCUT2D eigenvalue weighted by molar-refractivity contribution is 9.10. The molecule has 4 nitrogen and oxygen atoms in total. The van der Waals surface area contributed by atoms with E-state index in [1.165, 1.54) is 0 Å². The summed E-state index contributed by atoms with van der Waals surface area (Å²) in [4.78, 5) is 0. The number of nitrogens with one attached hydrogen (secondary N) is 1. The Morgan fingerprint density at radius 1 is 0.964 bits per heavy atom. The smallest absolute Gasteiger partial charge is 0.175 e. The number of halogens is 2. The Kier molecular flexibility index (Phi) is 7.06. The molecule has 146 valence electrons. The zero-order valence-corrected chi connectivity index (χ0v) is 18.0. The van der Waals surface area contributed by atoms with E-state index in [-0.39, 0.29) is 0 Å². The first kappa shape index (κ1) is 20.4. The topological polar surface area (TPSA) is 39.7 Å². The van der Waals surface area contributed by atoms with E-state index in [0.717, 1.165) is 27.0 Å². The quantitative estimate of drug-likeness (QED) is 0.426. The molecule has 0 spiro atoms. The molecule has 0 saturated heterocycles. The number of rotatable bonds is 8. The van der Waals surface area contributed by atoms with Crippen molar-refractivity contribution in [1.82, 2.24) is 0 Å². The normalized spacial score (nSPS) is 10.4. The van der Waals surface area contributed by atoms with Crippen molar-refractivity contribution in [3.05, 3.63) is 81.3 Å². The van der Waals surface area contributed by atoms with E-state index in [4.69, 9.17) is 25.8 Å². The zero-order valence-electron chi connectivity index (χ0n) is 15.7. The first-order chi connectivity index (χ1) is 13.6. The zero-order chi connectivity index (χ0) is 19.9. The Hall–Kier alpha value is -2.37. The third-order valence-electron chi connectivity index (χ3n) is 4.21. The fourth-order valence-corrected chi connectivity index (χ4v) is 3.49. The van der Waals surface area contributed by atoms with Gasteiger partial charge < -0.3 is 19.5 Å². The molecule has 0 atom stereocenters. The monoisotopic (exact) mass is 461 g/mol. The van der Waals surface area contributed by atoms with Gasteiger partial charge in [0.25, 0.3) is 0 Å². The van der Waals surface area contributed by atoms with Gasteiger partial charge in [0, 0.05) is 22.8 Å². The van der Waals surface area contributed by atoms with E-state index in [2.05, 4.69) is 21.2 Å². The Bertz CT molecular complexity index is 932. The molecule has 0 aliphatic carbocycles. The van der Waals surface area contributed by atoms with Crippen molar-refractivity contribution in [2.24, 2.45) is 0 Å². The summed E-state index contributed by atoms with van der Waals surface area (Å²) in [6.07, 6.45) is 0. The first-order valence-electron chi connectivity index (χ1n) is 8.71. The molecular formula is C22H21BrClNO3. The van der Waals surface area contributed by atoms with Crippen molar-refractivity contribution in [2.45, 2.75) is 13.2 Å². The second-order valence-electron chi connectivity index (χ2n) is 6.07. The summed E-state index contributed by atoms with van der Waals surface area (Å²) in [6, 6.07) is 19.4. The van der Waals surface area contributed by atoms with E-state index >= 15 is 0 Å². The van der Waals surface area contributed by atoms with Crippen molar-refractivity contribution in [2.75, 3.05) is 19.5 Å². The van der Waals surface area contributed by atoms with Gasteiger partial charge in [-0.15, -0.1) is 0 Å². The maximum absolute atomic E-state index is 6.21. The predicted molar refractivity (Wildman–Crippen MR) is 117 cm³/mol. The summed E-state index contributed by atoms with van der Waals surface area (Å²) in [5.41, 5.74) is 2.99. The minimum absolute atomic E-state index is 0.359. The molecular weight excluding hydrogens is 442 g/mol. The van der Waals surface area contributed by atoms with Gasteiger partial charge in [-0.1, -0.05) is 29.8 Å². The molecule has 3 rings (SSSR count). The van der Waals surface area contributed by atoms with Crippen molar-refractivity contribution in [3.63, 3.8) is 0 Å². The minimum Gasteiger partial charge on any atom is -0.497 e. The van der Waals surface area contributed by atoms with Crippen molar-refractivity contribution in [3.8, 4) is 17.2 Å². The van der Waals surface area contributed by atoms with Crippen LogP contribution in [0.25, 0.3) is 0 Å². The molecule has 3 aromatic rings. The Morgan fingerprint density at radius 3 is 2.39 bits per heavy atom. The van der Waals surface area contributed by atoms with Gasteiger partial charge in [-0.2, -0.15) is 0 Å². The molecule has 0 aliphatic rings. The fraction of sp³-hybridized carbons (Fsp3) is 0.182. The van der Waals surface area contributed by atoms with Crippen LogP contribution in [0.2, 0.25) is 5.02 Å². The molecule has 0 saturated carbocycles. The second-order valence-corrected chi connectivity index (χ2v) is 7.33. The molecule has 28 heavy (non-hydrogen) atoms. The molecule has 0 heterocycles. The van der Waals surface area contributed by atoms with Gasteiger partial charge in [0.2, 0.25) is 0 Å². The largest absolute Gasteiger partial charge is 0.497 e. The second kappa shape index (κ2) is 9.71. The van der Waals surface area contributed by atoms with Crippen LogP contribution >= 0.6 is 27.5 Å². The summed E-state index contributed by atoms with van der Waals surface area (Å²) in [7, 11) is 3.28. The Labute approximate surface area is 178 Å². The molecule has 0 amide bonds. The number of hydrogen-bond donors (Lipinski definition) is 1. The molecule has 0 aliphatic heterocycles. The van der Waals surface area contributed by atoms with Crippen molar-refractivity contribution < 1.29 is 14.2 Å². The fourth-order valence-electron chi connectivity index (χ4n) is 2.69. The number of anilines is 1. The average Bonchev–Trinajstić information content (AvgIpc) is 2.72. The SMILES string of the molecule is COc1ccc(NCc2cc(Br)c(OCc3ccccc3Cl)c(OC)c2)cc1. The molecule has 1 N–H and O–H groups in total. The van der Waals surface area contributed by atoms with Crippen molar-refractivity contribution in [1.29, 1.82) is 0 Å². The lowest BCUT2D eigenvalue weighted by atomic mass is 10.2. The lowest BCUT2D eigenvalue weighted by molar-refractivity contribution is 0.282. The van der Waals surface area contributed by atoms with Crippen LogP contribution in [0.3, 0.4) is 0 Å². The lowest BCUT2D eigenvalue weighted by Gasteiger charge is -2.15. The van der Waals surface area contributed by atoms with E-state index in [0.29, 0.717) is 29.7 Å². The number of methoxy groups -OCH3 is 2. The van der Waals surface area contributed by atoms with Gasteiger partial charge in [0.1, 0.15) is 12.4 Å². The van der Waals surface area contributed by atoms with Crippen LogP contribution < -0.4 is 19.5 Å². The molecule has 0 fully saturated rings. The Balaban J connectivity index is 1.70. The number of ether oxygens (including phenoxy) is 3. The van der Waals surface area contributed by atoms with Crippen LogP contribution in [0.5, 0.6) is 17.2 Å². The van der Waals surface area contributed by atoms with E-state index in [1.807, 2.05) is 60.7 Å². The van der Waals surface area contributed by atoms with Gasteiger partial charge in [0.05, 0.1) is 18.7 Å². The third-order valence-corrected chi connectivity index (χ3v) is 5.16.